The summed E-state index contributed by atoms with van der Waals surface area (Å²) < 4.78 is 10.5. The Bertz CT molecular complexity index is 790. The Kier molecular flexibility index (Phi) is 7.82. The van der Waals surface area contributed by atoms with E-state index in [0.29, 0.717) is 25.3 Å². The van der Waals surface area contributed by atoms with Gasteiger partial charge in [-0.25, -0.2) is 0 Å². The zero-order valence-corrected chi connectivity index (χ0v) is 16.0. The Balaban J connectivity index is 1.78. The zero-order valence-electron chi connectivity index (χ0n) is 16.0. The van der Waals surface area contributed by atoms with Crippen molar-refractivity contribution in [2.75, 3.05) is 26.9 Å². The minimum atomic E-state index is -0.262. The van der Waals surface area contributed by atoms with Crippen LogP contribution in [0.15, 0.2) is 42.5 Å². The number of nitrogens with one attached hydrogen (secondary N) is 2. The van der Waals surface area contributed by atoms with Gasteiger partial charge in [-0.1, -0.05) is 18.2 Å². The number of benzene rings is 2. The van der Waals surface area contributed by atoms with Crippen molar-refractivity contribution in [3.63, 3.8) is 0 Å². The fourth-order valence-electron chi connectivity index (χ4n) is 2.40. The third kappa shape index (κ3) is 6.75. The molecule has 0 aliphatic carbocycles. The van der Waals surface area contributed by atoms with Gasteiger partial charge in [-0.3, -0.25) is 9.59 Å². The molecule has 144 valence electrons. The molecule has 2 amide bonds. The molecule has 0 unspecified atom stereocenters. The first-order chi connectivity index (χ1) is 13.0. The fourth-order valence-corrected chi connectivity index (χ4v) is 2.40. The lowest BCUT2D eigenvalue weighted by atomic mass is 10.1. The molecule has 0 spiro atoms. The van der Waals surface area contributed by atoms with Crippen molar-refractivity contribution >= 4 is 11.8 Å². The molecule has 0 aromatic heterocycles. The molecule has 0 atom stereocenters. The molecule has 27 heavy (non-hydrogen) atoms. The summed E-state index contributed by atoms with van der Waals surface area (Å²) in [6.07, 6.45) is 0. The fraction of sp³-hybridized carbons (Fsp3) is 0.333. The van der Waals surface area contributed by atoms with Crippen LogP contribution in [0.25, 0.3) is 0 Å². The molecule has 0 fully saturated rings. The van der Waals surface area contributed by atoms with Crippen molar-refractivity contribution in [3.8, 4) is 5.75 Å². The lowest BCUT2D eigenvalue weighted by molar-refractivity contribution is -0.120. The molecular weight excluding hydrogens is 344 g/mol. The van der Waals surface area contributed by atoms with Gasteiger partial charge in [0.15, 0.2) is 0 Å². The van der Waals surface area contributed by atoms with Crippen molar-refractivity contribution in [1.29, 1.82) is 0 Å². The number of hydrogen-bond acceptors (Lipinski definition) is 4. The van der Waals surface area contributed by atoms with Crippen LogP contribution >= 0.6 is 0 Å². The maximum Gasteiger partial charge on any atom is 0.251 e. The average molecular weight is 370 g/mol. The summed E-state index contributed by atoms with van der Waals surface area (Å²) in [5.74, 6) is 0.210. The third-order valence-electron chi connectivity index (χ3n) is 4.12. The van der Waals surface area contributed by atoms with Gasteiger partial charge in [0.1, 0.15) is 12.4 Å². The number of amides is 2. The van der Waals surface area contributed by atoms with Crippen LogP contribution in [0.2, 0.25) is 0 Å². The smallest absolute Gasteiger partial charge is 0.251 e. The molecule has 0 heterocycles. The number of methoxy groups -OCH3 is 1. The maximum atomic E-state index is 12.1. The van der Waals surface area contributed by atoms with E-state index in [4.69, 9.17) is 9.47 Å². The molecule has 6 nitrogen and oxygen atoms in total. The monoisotopic (exact) mass is 370 g/mol. The van der Waals surface area contributed by atoms with E-state index < -0.39 is 0 Å². The quantitative estimate of drug-likeness (QED) is 0.665. The Morgan fingerprint density at radius 1 is 0.963 bits per heavy atom. The second kappa shape index (κ2) is 10.3. The molecule has 2 aromatic rings. The zero-order chi connectivity index (χ0) is 19.6. The second-order valence-electron chi connectivity index (χ2n) is 6.25. The van der Waals surface area contributed by atoms with Crippen LogP contribution in [-0.2, 0) is 16.1 Å². The van der Waals surface area contributed by atoms with Gasteiger partial charge < -0.3 is 20.1 Å². The first-order valence-corrected chi connectivity index (χ1v) is 8.82. The van der Waals surface area contributed by atoms with Gasteiger partial charge in [0.2, 0.25) is 5.91 Å². The van der Waals surface area contributed by atoms with Gasteiger partial charge in [-0.2, -0.15) is 0 Å². The SMILES string of the molecule is COCCOc1cccc(CNC(=O)CNC(=O)c2ccc(C)c(C)c2)c1. The number of carbonyl (C=O) groups is 2. The van der Waals surface area contributed by atoms with E-state index in [9.17, 15) is 9.59 Å². The molecule has 0 aliphatic heterocycles. The van der Waals surface area contributed by atoms with Crippen LogP contribution in [0, 0.1) is 13.8 Å². The summed E-state index contributed by atoms with van der Waals surface area (Å²) in [5, 5.41) is 5.42. The lowest BCUT2D eigenvalue weighted by Gasteiger charge is -2.10. The molecule has 0 bridgehead atoms. The van der Waals surface area contributed by atoms with Gasteiger partial charge in [0.25, 0.3) is 5.91 Å². The molecule has 2 N–H and O–H groups in total. The van der Waals surface area contributed by atoms with Gasteiger partial charge in [-0.15, -0.1) is 0 Å². The predicted octanol–water partition coefficient (Wildman–Crippen LogP) is 2.37. The number of hydrogen-bond donors (Lipinski definition) is 2. The molecule has 2 aromatic carbocycles. The Hall–Kier alpha value is -2.86. The molecule has 0 saturated carbocycles. The topological polar surface area (TPSA) is 76.7 Å². The summed E-state index contributed by atoms with van der Waals surface area (Å²) in [4.78, 5) is 24.1. The third-order valence-corrected chi connectivity index (χ3v) is 4.12. The van der Waals surface area contributed by atoms with Gasteiger partial charge >= 0.3 is 0 Å². The first-order valence-electron chi connectivity index (χ1n) is 8.82. The van der Waals surface area contributed by atoms with Crippen molar-refractivity contribution in [3.05, 3.63) is 64.7 Å². The lowest BCUT2D eigenvalue weighted by Crippen LogP contribution is -2.36. The summed E-state index contributed by atoms with van der Waals surface area (Å²) in [6.45, 7) is 5.21. The highest BCUT2D eigenvalue weighted by Crippen LogP contribution is 2.13. The van der Waals surface area contributed by atoms with E-state index in [-0.39, 0.29) is 18.4 Å². The standard InChI is InChI=1S/C21H26N2O4/c1-15-7-8-18(11-16(15)2)21(25)23-14-20(24)22-13-17-5-4-6-19(12-17)27-10-9-26-3/h4-8,11-12H,9-10,13-14H2,1-3H3,(H,22,24)(H,23,25). The van der Waals surface area contributed by atoms with E-state index in [2.05, 4.69) is 10.6 Å². The van der Waals surface area contributed by atoms with E-state index >= 15 is 0 Å². The van der Waals surface area contributed by atoms with Crippen LogP contribution in [-0.4, -0.2) is 38.7 Å². The van der Waals surface area contributed by atoms with Crippen molar-refractivity contribution in [2.45, 2.75) is 20.4 Å². The number of ether oxygens (including phenoxy) is 2. The van der Waals surface area contributed by atoms with Crippen LogP contribution in [0.5, 0.6) is 5.75 Å². The highest BCUT2D eigenvalue weighted by Gasteiger charge is 2.09. The minimum absolute atomic E-state index is 0.0736. The number of rotatable bonds is 9. The van der Waals surface area contributed by atoms with Crippen LogP contribution in [0.4, 0.5) is 0 Å². The number of aryl methyl sites for hydroxylation is 2. The summed E-state index contributed by atoms with van der Waals surface area (Å²) in [7, 11) is 1.62. The van der Waals surface area contributed by atoms with E-state index in [0.717, 1.165) is 22.4 Å². The van der Waals surface area contributed by atoms with Crippen LogP contribution < -0.4 is 15.4 Å². The molecule has 0 saturated heterocycles. The normalized spacial score (nSPS) is 10.3. The second-order valence-corrected chi connectivity index (χ2v) is 6.25. The molecule has 2 rings (SSSR count). The summed E-state index contributed by atoms with van der Waals surface area (Å²) in [6, 6.07) is 12.9. The largest absolute Gasteiger partial charge is 0.491 e. The average Bonchev–Trinajstić information content (AvgIpc) is 2.67. The molecule has 0 aliphatic rings. The van der Waals surface area contributed by atoms with E-state index in [1.807, 2.05) is 50.2 Å². The number of carbonyl (C=O) groups excluding carboxylic acids is 2. The Morgan fingerprint density at radius 3 is 2.52 bits per heavy atom. The summed E-state index contributed by atoms with van der Waals surface area (Å²) >= 11 is 0. The van der Waals surface area contributed by atoms with Crippen LogP contribution in [0.3, 0.4) is 0 Å². The first kappa shape index (κ1) is 20.5. The highest BCUT2D eigenvalue weighted by atomic mass is 16.5. The maximum absolute atomic E-state index is 12.1. The Labute approximate surface area is 159 Å². The summed E-state index contributed by atoms with van der Waals surface area (Å²) in [5.41, 5.74) is 3.63. The highest BCUT2D eigenvalue weighted by molar-refractivity contribution is 5.96. The predicted molar refractivity (Wildman–Crippen MR) is 104 cm³/mol. The van der Waals surface area contributed by atoms with E-state index in [1.165, 1.54) is 0 Å². The minimum Gasteiger partial charge on any atom is -0.491 e. The van der Waals surface area contributed by atoms with E-state index in [1.54, 1.807) is 13.2 Å². The van der Waals surface area contributed by atoms with Gasteiger partial charge in [-0.05, 0) is 54.8 Å². The molecule has 6 heteroatoms. The van der Waals surface area contributed by atoms with Crippen molar-refractivity contribution in [2.24, 2.45) is 0 Å². The van der Waals surface area contributed by atoms with Crippen LogP contribution in [0.1, 0.15) is 27.0 Å². The van der Waals surface area contributed by atoms with Gasteiger partial charge in [0, 0.05) is 19.2 Å². The van der Waals surface area contributed by atoms with Crippen molar-refractivity contribution < 1.29 is 19.1 Å². The van der Waals surface area contributed by atoms with Gasteiger partial charge in [0.05, 0.1) is 13.2 Å². The molecule has 0 radical (unpaired) electrons. The van der Waals surface area contributed by atoms with Crippen molar-refractivity contribution in [1.82, 2.24) is 10.6 Å². The Morgan fingerprint density at radius 2 is 1.78 bits per heavy atom. The molecular formula is C21H26N2O4.